The van der Waals surface area contributed by atoms with Crippen LogP contribution in [-0.2, 0) is 22.7 Å². The first-order chi connectivity index (χ1) is 33.3. The summed E-state index contributed by atoms with van der Waals surface area (Å²) < 4.78 is 1.24. The van der Waals surface area contributed by atoms with Gasteiger partial charge >= 0.3 is 0 Å². The van der Waals surface area contributed by atoms with E-state index in [-0.39, 0.29) is 5.41 Å². The minimum absolute atomic E-state index is 0.0361. The molecule has 68 heavy (non-hydrogen) atoms. The van der Waals surface area contributed by atoms with E-state index >= 15 is 0 Å². The first-order valence-electron chi connectivity index (χ1n) is 24.0. The van der Waals surface area contributed by atoms with E-state index in [1.165, 1.54) is 120 Å². The first kappa shape index (κ1) is 41.1. The number of aryl methyl sites for hydroxylation is 1. The van der Waals surface area contributed by atoms with Gasteiger partial charge in [-0.2, -0.15) is 0 Å². The maximum absolute atomic E-state index is 2.52. The molecule has 0 saturated carbocycles. The second-order valence-electron chi connectivity index (χ2n) is 19.7. The largest absolute Gasteiger partial charge is 0.0716 e. The topological polar surface area (TPSA) is 0 Å². The van der Waals surface area contributed by atoms with Crippen LogP contribution < -0.4 is 0 Å². The summed E-state index contributed by atoms with van der Waals surface area (Å²) in [4.78, 5) is 0. The van der Waals surface area contributed by atoms with Crippen LogP contribution in [0.1, 0.15) is 86.2 Å². The summed E-state index contributed by atoms with van der Waals surface area (Å²) in [5, 5.41) is 0. The van der Waals surface area contributed by atoms with Crippen molar-refractivity contribution in [1.29, 1.82) is 0 Å². The summed E-state index contributed by atoms with van der Waals surface area (Å²) in [5.74, 6) is 0. The quantitative estimate of drug-likeness (QED) is 0.140. The molecule has 3 aliphatic rings. The molecule has 3 aliphatic carbocycles. The average molecular weight is 981 g/mol. The highest BCUT2D eigenvalue weighted by atomic mass is 127. The Balaban J connectivity index is 0.985. The van der Waals surface area contributed by atoms with E-state index in [1.807, 2.05) is 0 Å². The van der Waals surface area contributed by atoms with Crippen molar-refractivity contribution < 1.29 is 0 Å². The fourth-order valence-electron chi connectivity index (χ4n) is 13.0. The zero-order chi connectivity index (χ0) is 45.8. The van der Waals surface area contributed by atoms with Gasteiger partial charge in [0.15, 0.2) is 0 Å². The lowest BCUT2D eigenvalue weighted by Gasteiger charge is -2.35. The van der Waals surface area contributed by atoms with E-state index < -0.39 is 10.8 Å². The number of benzene rings is 10. The number of halogens is 1. The summed E-state index contributed by atoms with van der Waals surface area (Å²) in [6.45, 7) is 7.06. The van der Waals surface area contributed by atoms with Crippen LogP contribution in [0, 0.1) is 10.5 Å². The van der Waals surface area contributed by atoms with Crippen LogP contribution in [0.25, 0.3) is 44.5 Å². The van der Waals surface area contributed by atoms with Gasteiger partial charge in [0, 0.05) is 8.99 Å². The standard InChI is InChI=1S/C67H49I/c1-43-18-14-30-55-57-41-46(45-20-16-27-51(40-45)66(48-22-6-4-7-23-48)59-32-13-10-28-53(59)54-36-35-52(68)42-62(54)66)34-37-60(57)67(64(43)55,49-24-8-5-9-25-49)50-26-15-19-44(39-50)38-47-21-17-33-61-63(47)56-29-11-12-31-58(56)65(61,2)3/h4-37,39-42H,38H2,1-3H3. The predicted molar refractivity (Wildman–Crippen MR) is 291 cm³/mol. The molecule has 13 rings (SSSR count). The number of rotatable bonds is 7. The summed E-state index contributed by atoms with van der Waals surface area (Å²) in [6.07, 6.45) is 0.855. The molecule has 0 nitrogen and oxygen atoms in total. The molecule has 0 amide bonds. The Morgan fingerprint density at radius 3 is 1.74 bits per heavy atom. The smallest absolute Gasteiger partial charge is 0.0622 e. The van der Waals surface area contributed by atoms with Crippen LogP contribution in [0.2, 0.25) is 0 Å². The molecule has 0 N–H and O–H groups in total. The van der Waals surface area contributed by atoms with Crippen molar-refractivity contribution in [2.45, 2.75) is 43.4 Å². The molecule has 0 radical (unpaired) electrons. The molecule has 10 aromatic carbocycles. The monoisotopic (exact) mass is 980 g/mol. The molecule has 0 spiro atoms. The van der Waals surface area contributed by atoms with Gasteiger partial charge in [-0.05, 0) is 177 Å². The van der Waals surface area contributed by atoms with Crippen molar-refractivity contribution >= 4 is 22.6 Å². The zero-order valence-electron chi connectivity index (χ0n) is 38.5. The summed E-state index contributed by atoms with van der Waals surface area (Å²) in [7, 11) is 0. The Morgan fingerprint density at radius 2 is 0.941 bits per heavy atom. The van der Waals surface area contributed by atoms with Gasteiger partial charge < -0.3 is 0 Å². The van der Waals surface area contributed by atoms with E-state index in [9.17, 15) is 0 Å². The predicted octanol–water partition coefficient (Wildman–Crippen LogP) is 16.9. The Bertz CT molecular complexity index is 3650. The second-order valence-corrected chi connectivity index (χ2v) is 20.9. The number of fused-ring (bicyclic) bond motifs is 9. The average Bonchev–Trinajstić information content (AvgIpc) is 3.94. The SMILES string of the molecule is Cc1cccc2c1C(c1ccccc1)(c1cccc(Cc3cccc4c3-c3ccccc3C4(C)C)c1)c1ccc(-c3cccc(C4(c5ccccc5)c5ccccc5-c5ccc(I)cc54)c3)cc1-2. The normalized spacial score (nSPS) is 17.7. The number of hydrogen-bond acceptors (Lipinski definition) is 0. The molecule has 324 valence electrons. The third kappa shape index (κ3) is 5.78. The molecule has 0 fully saturated rings. The van der Waals surface area contributed by atoms with Crippen molar-refractivity contribution in [3.63, 3.8) is 0 Å². The van der Waals surface area contributed by atoms with Crippen LogP contribution in [0.5, 0.6) is 0 Å². The highest BCUT2D eigenvalue weighted by Gasteiger charge is 2.48. The van der Waals surface area contributed by atoms with Crippen molar-refractivity contribution in [1.82, 2.24) is 0 Å². The zero-order valence-corrected chi connectivity index (χ0v) is 40.7. The van der Waals surface area contributed by atoms with Gasteiger partial charge in [0.25, 0.3) is 0 Å². The fourth-order valence-corrected chi connectivity index (χ4v) is 13.5. The van der Waals surface area contributed by atoms with Gasteiger partial charge in [0.2, 0.25) is 0 Å². The van der Waals surface area contributed by atoms with E-state index in [0.29, 0.717) is 0 Å². The van der Waals surface area contributed by atoms with Gasteiger partial charge in [-0.1, -0.05) is 220 Å². The molecular formula is C67H49I. The lowest BCUT2D eigenvalue weighted by molar-refractivity contribution is 0.660. The molecule has 1 heteroatoms. The van der Waals surface area contributed by atoms with Gasteiger partial charge in [-0.15, -0.1) is 0 Å². The van der Waals surface area contributed by atoms with E-state index in [2.05, 4.69) is 274 Å². The number of hydrogen-bond donors (Lipinski definition) is 0. The summed E-state index contributed by atoms with van der Waals surface area (Å²) in [6, 6.07) is 87.6. The molecule has 0 heterocycles. The minimum atomic E-state index is -0.521. The van der Waals surface area contributed by atoms with Crippen molar-refractivity contribution in [3.05, 3.63) is 306 Å². The molecule has 2 atom stereocenters. The van der Waals surface area contributed by atoms with Crippen molar-refractivity contribution in [3.8, 4) is 44.5 Å². The Labute approximate surface area is 414 Å². The third-order valence-corrected chi connectivity index (χ3v) is 16.5. The molecule has 0 saturated heterocycles. The third-order valence-electron chi connectivity index (χ3n) is 15.9. The lowest BCUT2D eigenvalue weighted by Crippen LogP contribution is -2.29. The highest BCUT2D eigenvalue weighted by molar-refractivity contribution is 14.1. The molecule has 0 aliphatic heterocycles. The van der Waals surface area contributed by atoms with Crippen LogP contribution in [0.3, 0.4) is 0 Å². The van der Waals surface area contributed by atoms with Crippen LogP contribution >= 0.6 is 22.6 Å². The van der Waals surface area contributed by atoms with E-state index in [1.54, 1.807) is 0 Å². The van der Waals surface area contributed by atoms with Gasteiger partial charge in [-0.3, -0.25) is 0 Å². The van der Waals surface area contributed by atoms with Crippen molar-refractivity contribution in [2.24, 2.45) is 0 Å². The minimum Gasteiger partial charge on any atom is -0.0622 e. The van der Waals surface area contributed by atoms with Gasteiger partial charge in [0.1, 0.15) is 0 Å². The highest BCUT2D eigenvalue weighted by Crippen LogP contribution is 2.60. The first-order valence-corrected chi connectivity index (χ1v) is 25.1. The van der Waals surface area contributed by atoms with Crippen molar-refractivity contribution in [2.75, 3.05) is 0 Å². The Morgan fingerprint density at radius 1 is 0.368 bits per heavy atom. The molecule has 2 unspecified atom stereocenters. The molecule has 0 bridgehead atoms. The van der Waals surface area contributed by atoms with Crippen LogP contribution in [0.4, 0.5) is 0 Å². The lowest BCUT2D eigenvalue weighted by atomic mass is 9.66. The molecule has 10 aromatic rings. The Hall–Kier alpha value is -7.07. The van der Waals surface area contributed by atoms with Gasteiger partial charge in [0.05, 0.1) is 10.8 Å². The second kappa shape index (κ2) is 15.5. The summed E-state index contributed by atoms with van der Waals surface area (Å²) in [5.41, 5.74) is 26.8. The fraction of sp³-hybridized carbons (Fsp3) is 0.104. The molecular weight excluding hydrogens is 932 g/mol. The Kier molecular flexibility index (Phi) is 9.37. The van der Waals surface area contributed by atoms with E-state index in [0.717, 1.165) is 6.42 Å². The maximum Gasteiger partial charge on any atom is 0.0716 e. The molecule has 0 aromatic heterocycles. The van der Waals surface area contributed by atoms with Gasteiger partial charge in [-0.25, -0.2) is 0 Å². The van der Waals surface area contributed by atoms with E-state index in [4.69, 9.17) is 0 Å². The summed E-state index contributed by atoms with van der Waals surface area (Å²) >= 11 is 2.49. The van der Waals surface area contributed by atoms with Crippen LogP contribution in [0.15, 0.2) is 231 Å². The maximum atomic E-state index is 2.52. The van der Waals surface area contributed by atoms with Crippen LogP contribution in [-0.4, -0.2) is 0 Å².